The van der Waals surface area contributed by atoms with E-state index in [-0.39, 0.29) is 5.91 Å². The van der Waals surface area contributed by atoms with Crippen molar-refractivity contribution in [1.82, 2.24) is 15.5 Å². The van der Waals surface area contributed by atoms with Crippen LogP contribution in [-0.2, 0) is 13.1 Å². The fourth-order valence-electron chi connectivity index (χ4n) is 1.96. The molecule has 2 heterocycles. The van der Waals surface area contributed by atoms with E-state index >= 15 is 0 Å². The van der Waals surface area contributed by atoms with Gasteiger partial charge in [-0.15, -0.1) is 0 Å². The first-order chi connectivity index (χ1) is 8.33. The standard InChI is InChI=1S/C12H12N4O/c17-12(16-11-6-14-15-7-11)8-1-2-9-4-13-5-10(9)3-8/h1-3,6-7,13H,4-5H2,(H,14,15)(H,16,17). The van der Waals surface area contributed by atoms with Gasteiger partial charge in [-0.2, -0.15) is 5.10 Å². The van der Waals surface area contributed by atoms with Crippen molar-refractivity contribution >= 4 is 11.6 Å². The molecular formula is C12H12N4O. The number of amides is 1. The van der Waals surface area contributed by atoms with E-state index in [1.807, 2.05) is 18.2 Å². The third-order valence-electron chi connectivity index (χ3n) is 2.86. The molecule has 3 N–H and O–H groups in total. The molecular weight excluding hydrogens is 216 g/mol. The first-order valence-electron chi connectivity index (χ1n) is 5.45. The first kappa shape index (κ1) is 10.0. The van der Waals surface area contributed by atoms with Crippen molar-refractivity contribution in [2.24, 2.45) is 0 Å². The Morgan fingerprint density at radius 2 is 2.18 bits per heavy atom. The molecule has 1 amide bonds. The number of aromatic amines is 1. The van der Waals surface area contributed by atoms with Crippen LogP contribution >= 0.6 is 0 Å². The van der Waals surface area contributed by atoms with Gasteiger partial charge in [0.05, 0.1) is 11.9 Å². The van der Waals surface area contributed by atoms with Crippen LogP contribution in [0.4, 0.5) is 5.69 Å². The number of carbonyl (C=O) groups is 1. The Morgan fingerprint density at radius 3 is 3.00 bits per heavy atom. The summed E-state index contributed by atoms with van der Waals surface area (Å²) in [7, 11) is 0. The van der Waals surface area contributed by atoms with E-state index in [1.54, 1.807) is 12.4 Å². The Balaban J connectivity index is 1.82. The summed E-state index contributed by atoms with van der Waals surface area (Å²) < 4.78 is 0. The van der Waals surface area contributed by atoms with Crippen LogP contribution in [0.15, 0.2) is 30.6 Å². The molecule has 0 saturated heterocycles. The van der Waals surface area contributed by atoms with Crippen molar-refractivity contribution in [3.05, 3.63) is 47.3 Å². The van der Waals surface area contributed by atoms with Crippen LogP contribution in [0.5, 0.6) is 0 Å². The summed E-state index contributed by atoms with van der Waals surface area (Å²) in [6.07, 6.45) is 3.22. The van der Waals surface area contributed by atoms with Crippen LogP contribution in [0, 0.1) is 0 Å². The third-order valence-corrected chi connectivity index (χ3v) is 2.86. The van der Waals surface area contributed by atoms with Gasteiger partial charge in [-0.05, 0) is 23.3 Å². The third kappa shape index (κ3) is 1.92. The maximum Gasteiger partial charge on any atom is 0.255 e. The summed E-state index contributed by atoms with van der Waals surface area (Å²) in [6, 6.07) is 5.78. The van der Waals surface area contributed by atoms with Crippen LogP contribution in [-0.4, -0.2) is 16.1 Å². The quantitative estimate of drug-likeness (QED) is 0.724. The lowest BCUT2D eigenvalue weighted by molar-refractivity contribution is 0.102. The second-order valence-corrected chi connectivity index (χ2v) is 4.03. The zero-order valence-electron chi connectivity index (χ0n) is 9.16. The molecule has 1 aliphatic heterocycles. The number of nitrogens with one attached hydrogen (secondary N) is 3. The highest BCUT2D eigenvalue weighted by molar-refractivity contribution is 6.04. The average molecular weight is 228 g/mol. The highest BCUT2D eigenvalue weighted by Gasteiger charge is 2.13. The molecule has 2 aromatic rings. The summed E-state index contributed by atoms with van der Waals surface area (Å²) in [6.45, 7) is 1.72. The Labute approximate surface area is 98.2 Å². The van der Waals surface area contributed by atoms with E-state index in [9.17, 15) is 4.79 Å². The molecule has 1 aromatic heterocycles. The minimum Gasteiger partial charge on any atom is -0.319 e. The van der Waals surface area contributed by atoms with Crippen LogP contribution in [0.2, 0.25) is 0 Å². The van der Waals surface area contributed by atoms with E-state index < -0.39 is 0 Å². The van der Waals surface area contributed by atoms with E-state index in [4.69, 9.17) is 0 Å². The van der Waals surface area contributed by atoms with Gasteiger partial charge in [0.2, 0.25) is 0 Å². The number of rotatable bonds is 2. The normalized spacial score (nSPS) is 13.4. The zero-order valence-corrected chi connectivity index (χ0v) is 9.16. The van der Waals surface area contributed by atoms with E-state index in [0.29, 0.717) is 11.3 Å². The molecule has 0 atom stereocenters. The van der Waals surface area contributed by atoms with Gasteiger partial charge in [-0.25, -0.2) is 0 Å². The molecule has 3 rings (SSSR count). The van der Waals surface area contributed by atoms with Crippen molar-refractivity contribution < 1.29 is 4.79 Å². The largest absolute Gasteiger partial charge is 0.319 e. The van der Waals surface area contributed by atoms with E-state index in [0.717, 1.165) is 13.1 Å². The predicted octanol–water partition coefficient (Wildman–Crippen LogP) is 1.27. The van der Waals surface area contributed by atoms with Gasteiger partial charge >= 0.3 is 0 Å². The highest BCUT2D eigenvalue weighted by Crippen LogP contribution is 2.17. The summed E-state index contributed by atoms with van der Waals surface area (Å²) >= 11 is 0. The summed E-state index contributed by atoms with van der Waals surface area (Å²) in [4.78, 5) is 11.9. The number of benzene rings is 1. The molecule has 0 saturated carbocycles. The second kappa shape index (κ2) is 4.03. The van der Waals surface area contributed by atoms with Gasteiger partial charge in [0.25, 0.3) is 5.91 Å². The zero-order chi connectivity index (χ0) is 11.7. The number of fused-ring (bicyclic) bond motifs is 1. The van der Waals surface area contributed by atoms with Crippen LogP contribution in [0.25, 0.3) is 0 Å². The van der Waals surface area contributed by atoms with E-state index in [1.165, 1.54) is 11.1 Å². The molecule has 0 bridgehead atoms. The molecule has 1 aromatic carbocycles. The molecule has 0 aliphatic carbocycles. The van der Waals surface area contributed by atoms with Crippen molar-refractivity contribution in [3.8, 4) is 0 Å². The molecule has 0 fully saturated rings. The molecule has 0 unspecified atom stereocenters. The molecule has 5 nitrogen and oxygen atoms in total. The fourth-order valence-corrected chi connectivity index (χ4v) is 1.96. The maximum absolute atomic E-state index is 11.9. The van der Waals surface area contributed by atoms with Crippen molar-refractivity contribution in [1.29, 1.82) is 0 Å². The van der Waals surface area contributed by atoms with Gasteiger partial charge in [-0.3, -0.25) is 9.89 Å². The van der Waals surface area contributed by atoms with Gasteiger partial charge in [0.1, 0.15) is 0 Å². The van der Waals surface area contributed by atoms with Gasteiger partial charge in [0, 0.05) is 24.8 Å². The molecule has 5 heteroatoms. The number of nitrogens with zero attached hydrogens (tertiary/aromatic N) is 1. The molecule has 86 valence electrons. The average Bonchev–Trinajstić information content (AvgIpc) is 2.97. The lowest BCUT2D eigenvalue weighted by Crippen LogP contribution is -2.11. The maximum atomic E-state index is 11.9. The summed E-state index contributed by atoms with van der Waals surface area (Å²) in [5, 5.41) is 12.5. The number of carbonyl (C=O) groups excluding carboxylic acids is 1. The monoisotopic (exact) mass is 228 g/mol. The minimum atomic E-state index is -0.110. The second-order valence-electron chi connectivity index (χ2n) is 4.03. The van der Waals surface area contributed by atoms with Crippen molar-refractivity contribution in [2.75, 3.05) is 5.32 Å². The predicted molar refractivity (Wildman–Crippen MR) is 63.5 cm³/mol. The van der Waals surface area contributed by atoms with Gasteiger partial charge < -0.3 is 10.6 Å². The van der Waals surface area contributed by atoms with Gasteiger partial charge in [0.15, 0.2) is 0 Å². The molecule has 0 radical (unpaired) electrons. The van der Waals surface area contributed by atoms with Gasteiger partial charge in [-0.1, -0.05) is 6.07 Å². The SMILES string of the molecule is O=C(Nc1cn[nH]c1)c1ccc2c(c1)CNC2. The lowest BCUT2D eigenvalue weighted by atomic mass is 10.1. The Bertz CT molecular complexity index is 548. The first-order valence-corrected chi connectivity index (χ1v) is 5.45. The number of aromatic nitrogens is 2. The molecule has 1 aliphatic rings. The van der Waals surface area contributed by atoms with Crippen molar-refractivity contribution in [2.45, 2.75) is 13.1 Å². The summed E-state index contributed by atoms with van der Waals surface area (Å²) in [5.41, 5.74) is 3.82. The Kier molecular flexibility index (Phi) is 2.38. The topological polar surface area (TPSA) is 69.8 Å². The number of hydrogen-bond acceptors (Lipinski definition) is 3. The van der Waals surface area contributed by atoms with Crippen LogP contribution < -0.4 is 10.6 Å². The van der Waals surface area contributed by atoms with Crippen LogP contribution in [0.3, 0.4) is 0 Å². The Morgan fingerprint density at radius 1 is 1.29 bits per heavy atom. The number of hydrogen-bond donors (Lipinski definition) is 3. The number of H-pyrrole nitrogens is 1. The van der Waals surface area contributed by atoms with Crippen molar-refractivity contribution in [3.63, 3.8) is 0 Å². The minimum absolute atomic E-state index is 0.110. The summed E-state index contributed by atoms with van der Waals surface area (Å²) in [5.74, 6) is -0.110. The molecule has 0 spiro atoms. The fraction of sp³-hybridized carbons (Fsp3) is 0.167. The van der Waals surface area contributed by atoms with E-state index in [2.05, 4.69) is 20.8 Å². The van der Waals surface area contributed by atoms with Crippen LogP contribution in [0.1, 0.15) is 21.5 Å². The number of anilines is 1. The highest BCUT2D eigenvalue weighted by atomic mass is 16.1. The molecule has 17 heavy (non-hydrogen) atoms. The lowest BCUT2D eigenvalue weighted by Gasteiger charge is -2.04. The Hall–Kier alpha value is -2.14. The smallest absolute Gasteiger partial charge is 0.255 e.